The van der Waals surface area contributed by atoms with Gasteiger partial charge in [0.25, 0.3) is 5.91 Å². The predicted molar refractivity (Wildman–Crippen MR) is 114 cm³/mol. The van der Waals surface area contributed by atoms with Crippen molar-refractivity contribution in [1.29, 1.82) is 0 Å². The average Bonchev–Trinajstić information content (AvgIpc) is 2.78. The second kappa shape index (κ2) is 10.4. The molecule has 6 nitrogen and oxygen atoms in total. The fraction of sp³-hybridized carbons (Fsp3) is 0.609. The first-order valence-electron chi connectivity index (χ1n) is 11.0. The molecule has 29 heavy (non-hydrogen) atoms. The largest absolute Gasteiger partial charge is 0.356 e. The van der Waals surface area contributed by atoms with E-state index in [1.165, 1.54) is 32.1 Å². The van der Waals surface area contributed by atoms with Crippen molar-refractivity contribution in [3.8, 4) is 0 Å². The lowest BCUT2D eigenvalue weighted by atomic mass is 9.89. The summed E-state index contributed by atoms with van der Waals surface area (Å²) in [6.45, 7) is 3.72. The third-order valence-corrected chi connectivity index (χ3v) is 6.11. The van der Waals surface area contributed by atoms with E-state index in [9.17, 15) is 14.4 Å². The van der Waals surface area contributed by atoms with Crippen LogP contribution in [0, 0.1) is 11.8 Å². The maximum atomic E-state index is 12.9. The van der Waals surface area contributed by atoms with Crippen LogP contribution in [-0.2, 0) is 9.59 Å². The van der Waals surface area contributed by atoms with Gasteiger partial charge in [0, 0.05) is 37.3 Å². The van der Waals surface area contributed by atoms with Crippen LogP contribution in [0.5, 0.6) is 0 Å². The summed E-state index contributed by atoms with van der Waals surface area (Å²) in [7, 11) is 0. The number of amides is 3. The standard InChI is InChI=1S/C23H33N3O3/c1-2-21(27)25-20-12-10-18(11-13-20)23(29)26-14-6-9-19(16-26)22(28)24-15-17-7-4-3-5-8-17/h10-13,17,19H,2-9,14-16H2,1H3,(H,24,28)(H,25,27)/t19-/m1/s1. The van der Waals surface area contributed by atoms with Gasteiger partial charge >= 0.3 is 0 Å². The van der Waals surface area contributed by atoms with Crippen molar-refractivity contribution >= 4 is 23.4 Å². The molecular formula is C23H33N3O3. The van der Waals surface area contributed by atoms with Gasteiger partial charge in [-0.15, -0.1) is 0 Å². The number of nitrogens with zero attached hydrogens (tertiary/aromatic N) is 1. The van der Waals surface area contributed by atoms with Crippen LogP contribution in [0.25, 0.3) is 0 Å². The molecule has 0 aromatic heterocycles. The van der Waals surface area contributed by atoms with Gasteiger partial charge in [-0.3, -0.25) is 14.4 Å². The summed E-state index contributed by atoms with van der Waals surface area (Å²) in [5, 5.41) is 5.92. The van der Waals surface area contributed by atoms with Crippen molar-refractivity contribution in [3.05, 3.63) is 29.8 Å². The highest BCUT2D eigenvalue weighted by atomic mass is 16.2. The third kappa shape index (κ3) is 6.05. The zero-order valence-corrected chi connectivity index (χ0v) is 17.4. The number of carbonyl (C=O) groups excluding carboxylic acids is 3. The van der Waals surface area contributed by atoms with Gasteiger partial charge in [-0.25, -0.2) is 0 Å². The van der Waals surface area contributed by atoms with Crippen LogP contribution < -0.4 is 10.6 Å². The van der Waals surface area contributed by atoms with Crippen LogP contribution in [0.3, 0.4) is 0 Å². The van der Waals surface area contributed by atoms with E-state index >= 15 is 0 Å². The molecule has 0 spiro atoms. The molecule has 1 saturated heterocycles. The lowest BCUT2D eigenvalue weighted by Gasteiger charge is -2.32. The monoisotopic (exact) mass is 399 g/mol. The van der Waals surface area contributed by atoms with Crippen LogP contribution in [0.15, 0.2) is 24.3 Å². The van der Waals surface area contributed by atoms with Crippen LogP contribution in [0.2, 0.25) is 0 Å². The first-order chi connectivity index (χ1) is 14.1. The zero-order valence-electron chi connectivity index (χ0n) is 17.4. The molecule has 0 radical (unpaired) electrons. The van der Waals surface area contributed by atoms with Crippen molar-refractivity contribution in [3.63, 3.8) is 0 Å². The van der Waals surface area contributed by atoms with Crippen LogP contribution >= 0.6 is 0 Å². The fourth-order valence-electron chi connectivity index (χ4n) is 4.28. The van der Waals surface area contributed by atoms with Crippen molar-refractivity contribution in [1.82, 2.24) is 10.2 Å². The highest BCUT2D eigenvalue weighted by Gasteiger charge is 2.29. The van der Waals surface area contributed by atoms with Gasteiger partial charge in [-0.1, -0.05) is 26.2 Å². The van der Waals surface area contributed by atoms with Gasteiger partial charge in [0.05, 0.1) is 5.92 Å². The van der Waals surface area contributed by atoms with E-state index in [-0.39, 0.29) is 23.6 Å². The van der Waals surface area contributed by atoms with Crippen LogP contribution in [0.4, 0.5) is 5.69 Å². The average molecular weight is 400 g/mol. The molecule has 6 heteroatoms. The van der Waals surface area contributed by atoms with E-state index in [0.29, 0.717) is 36.7 Å². The van der Waals surface area contributed by atoms with E-state index in [1.807, 2.05) is 0 Å². The Balaban J connectivity index is 1.51. The maximum Gasteiger partial charge on any atom is 0.253 e. The van der Waals surface area contributed by atoms with Crippen molar-refractivity contribution in [2.24, 2.45) is 11.8 Å². The third-order valence-electron chi connectivity index (χ3n) is 6.11. The van der Waals surface area contributed by atoms with Crippen molar-refractivity contribution < 1.29 is 14.4 Å². The number of piperidine rings is 1. The first-order valence-corrected chi connectivity index (χ1v) is 11.0. The minimum absolute atomic E-state index is 0.0526. The Labute approximate surface area is 173 Å². The van der Waals surface area contributed by atoms with E-state index in [2.05, 4.69) is 10.6 Å². The SMILES string of the molecule is CCC(=O)Nc1ccc(C(=O)N2CCC[C@@H](C(=O)NCC3CCCCC3)C2)cc1. The quantitative estimate of drug-likeness (QED) is 0.767. The number of hydrogen-bond donors (Lipinski definition) is 2. The van der Waals surface area contributed by atoms with Gasteiger partial charge in [0.15, 0.2) is 0 Å². The number of nitrogens with one attached hydrogen (secondary N) is 2. The molecule has 0 unspecified atom stereocenters. The zero-order chi connectivity index (χ0) is 20.6. The van der Waals surface area contributed by atoms with E-state index in [4.69, 9.17) is 0 Å². The topological polar surface area (TPSA) is 78.5 Å². The van der Waals surface area contributed by atoms with Gasteiger partial charge < -0.3 is 15.5 Å². The molecule has 1 aromatic rings. The lowest BCUT2D eigenvalue weighted by molar-refractivity contribution is -0.126. The Bertz CT molecular complexity index is 711. The number of rotatable bonds is 6. The molecule has 158 valence electrons. The number of hydrogen-bond acceptors (Lipinski definition) is 3. The first kappa shape index (κ1) is 21.3. The second-order valence-electron chi connectivity index (χ2n) is 8.32. The molecule has 0 bridgehead atoms. The summed E-state index contributed by atoms with van der Waals surface area (Å²) in [4.78, 5) is 38.8. The lowest BCUT2D eigenvalue weighted by Crippen LogP contribution is -2.46. The van der Waals surface area contributed by atoms with Crippen molar-refractivity contribution in [2.75, 3.05) is 25.0 Å². The summed E-state index contributed by atoms with van der Waals surface area (Å²) in [6.07, 6.45) is 8.38. The molecule has 1 heterocycles. The van der Waals surface area contributed by atoms with Gasteiger partial charge in [-0.2, -0.15) is 0 Å². The Kier molecular flexibility index (Phi) is 7.67. The highest BCUT2D eigenvalue weighted by Crippen LogP contribution is 2.24. The summed E-state index contributed by atoms with van der Waals surface area (Å²) < 4.78 is 0. The smallest absolute Gasteiger partial charge is 0.253 e. The molecule has 3 rings (SSSR count). The molecule has 1 saturated carbocycles. The summed E-state index contributed by atoms with van der Waals surface area (Å²) in [5.74, 6) is 0.469. The maximum absolute atomic E-state index is 12.9. The van der Waals surface area contributed by atoms with Crippen LogP contribution in [-0.4, -0.2) is 42.3 Å². The highest BCUT2D eigenvalue weighted by molar-refractivity contribution is 5.96. The second-order valence-corrected chi connectivity index (χ2v) is 8.32. The number of anilines is 1. The van der Waals surface area contributed by atoms with Gasteiger partial charge in [0.2, 0.25) is 11.8 Å². The Morgan fingerprint density at radius 1 is 1.00 bits per heavy atom. The van der Waals surface area contributed by atoms with E-state index < -0.39 is 0 Å². The molecule has 2 fully saturated rings. The normalized spacial score (nSPS) is 20.2. The van der Waals surface area contributed by atoms with Crippen LogP contribution in [0.1, 0.15) is 68.6 Å². The molecule has 2 N–H and O–H groups in total. The Morgan fingerprint density at radius 2 is 1.72 bits per heavy atom. The molecule has 1 aliphatic heterocycles. The minimum atomic E-state index is -0.126. The molecule has 1 aliphatic carbocycles. The number of likely N-dealkylation sites (tertiary alicyclic amines) is 1. The Hall–Kier alpha value is -2.37. The molecule has 1 aromatic carbocycles. The molecule has 1 atom stereocenters. The Morgan fingerprint density at radius 3 is 2.41 bits per heavy atom. The molecule has 2 aliphatic rings. The van der Waals surface area contributed by atoms with Gasteiger partial charge in [-0.05, 0) is 55.9 Å². The minimum Gasteiger partial charge on any atom is -0.356 e. The summed E-state index contributed by atoms with van der Waals surface area (Å²) >= 11 is 0. The summed E-state index contributed by atoms with van der Waals surface area (Å²) in [6, 6.07) is 6.97. The molecular weight excluding hydrogens is 366 g/mol. The number of benzene rings is 1. The van der Waals surface area contributed by atoms with Gasteiger partial charge in [0.1, 0.15) is 0 Å². The predicted octanol–water partition coefficient (Wildman–Crippen LogP) is 3.58. The number of carbonyl (C=O) groups is 3. The van der Waals surface area contributed by atoms with E-state index in [0.717, 1.165) is 19.4 Å². The van der Waals surface area contributed by atoms with E-state index in [1.54, 1.807) is 36.1 Å². The summed E-state index contributed by atoms with van der Waals surface area (Å²) in [5.41, 5.74) is 1.27. The fourth-order valence-corrected chi connectivity index (χ4v) is 4.28. The van der Waals surface area contributed by atoms with Crippen molar-refractivity contribution in [2.45, 2.75) is 58.3 Å². The molecule has 3 amide bonds.